The molecule has 0 heterocycles. The van der Waals surface area contributed by atoms with Gasteiger partial charge in [-0.15, -0.1) is 0 Å². The smallest absolute Gasteiger partial charge is 0.238 e. The molecule has 0 bridgehead atoms. The van der Waals surface area contributed by atoms with Crippen molar-refractivity contribution < 1.29 is 13.5 Å². The van der Waals surface area contributed by atoms with Crippen LogP contribution < -0.4 is 10.5 Å². The number of phenols is 1. The van der Waals surface area contributed by atoms with Crippen molar-refractivity contribution in [1.82, 2.24) is 0 Å². The topological polar surface area (TPSA) is 92.4 Å². The highest BCUT2D eigenvalue weighted by Gasteiger charge is 2.08. The van der Waals surface area contributed by atoms with Gasteiger partial charge in [0.2, 0.25) is 10.0 Å². The minimum absolute atomic E-state index is 0.0965. The van der Waals surface area contributed by atoms with Crippen molar-refractivity contribution in [1.29, 1.82) is 0 Å². The maximum atomic E-state index is 11.2. The van der Waals surface area contributed by atoms with Crippen molar-refractivity contribution in [3.63, 3.8) is 0 Å². The molecule has 2 aromatic rings. The van der Waals surface area contributed by atoms with E-state index in [1.807, 2.05) is 19.1 Å². The summed E-state index contributed by atoms with van der Waals surface area (Å²) in [7, 11) is -3.65. The number of rotatable bonds is 5. The van der Waals surface area contributed by atoms with E-state index in [4.69, 9.17) is 5.14 Å². The van der Waals surface area contributed by atoms with Gasteiger partial charge in [-0.2, -0.15) is 0 Å². The van der Waals surface area contributed by atoms with Crippen molar-refractivity contribution in [3.8, 4) is 5.75 Å². The summed E-state index contributed by atoms with van der Waals surface area (Å²) in [4.78, 5) is 0.0965. The summed E-state index contributed by atoms with van der Waals surface area (Å²) in [5.74, 6) is 0.248. The lowest BCUT2D eigenvalue weighted by Crippen LogP contribution is -2.18. The first-order valence-electron chi connectivity index (χ1n) is 6.52. The predicted molar refractivity (Wildman–Crippen MR) is 82.7 cm³/mol. The molecule has 0 fully saturated rings. The van der Waals surface area contributed by atoms with Gasteiger partial charge in [0.1, 0.15) is 5.75 Å². The molecule has 0 aliphatic rings. The summed E-state index contributed by atoms with van der Waals surface area (Å²) in [6.07, 6.45) is 0.789. The summed E-state index contributed by atoms with van der Waals surface area (Å²) in [5, 5.41) is 17.6. The normalized spacial score (nSPS) is 12.9. The SMILES string of the molecule is CC(Cc1ccc(O)cc1)Nc1ccc(S(N)(=O)=O)cc1. The van der Waals surface area contributed by atoms with Crippen molar-refractivity contribution in [2.45, 2.75) is 24.3 Å². The molecule has 5 nitrogen and oxygen atoms in total. The van der Waals surface area contributed by atoms with E-state index in [0.29, 0.717) is 0 Å². The molecular weight excluding hydrogens is 288 g/mol. The van der Waals surface area contributed by atoms with E-state index in [-0.39, 0.29) is 16.7 Å². The van der Waals surface area contributed by atoms with Crippen LogP contribution in [0.1, 0.15) is 12.5 Å². The first kappa shape index (κ1) is 15.3. The van der Waals surface area contributed by atoms with Crippen LogP contribution in [-0.4, -0.2) is 19.6 Å². The Morgan fingerprint density at radius 2 is 1.67 bits per heavy atom. The average Bonchev–Trinajstić information content (AvgIpc) is 2.41. The quantitative estimate of drug-likeness (QED) is 0.788. The molecule has 0 spiro atoms. The number of aromatic hydroxyl groups is 1. The van der Waals surface area contributed by atoms with E-state index in [1.165, 1.54) is 12.1 Å². The lowest BCUT2D eigenvalue weighted by atomic mass is 10.1. The third kappa shape index (κ3) is 4.47. The largest absolute Gasteiger partial charge is 0.508 e. The molecule has 0 amide bonds. The third-order valence-electron chi connectivity index (χ3n) is 3.07. The molecule has 6 heteroatoms. The zero-order valence-electron chi connectivity index (χ0n) is 11.7. The minimum atomic E-state index is -3.65. The second-order valence-electron chi connectivity index (χ2n) is 4.99. The maximum Gasteiger partial charge on any atom is 0.238 e. The van der Waals surface area contributed by atoms with Crippen molar-refractivity contribution in [3.05, 3.63) is 54.1 Å². The van der Waals surface area contributed by atoms with Crippen LogP contribution in [-0.2, 0) is 16.4 Å². The molecule has 112 valence electrons. The fourth-order valence-corrected chi connectivity index (χ4v) is 2.58. The van der Waals surface area contributed by atoms with Gasteiger partial charge in [-0.3, -0.25) is 0 Å². The number of nitrogens with two attached hydrogens (primary N) is 1. The zero-order valence-corrected chi connectivity index (χ0v) is 12.5. The number of benzene rings is 2. The fraction of sp³-hybridized carbons (Fsp3) is 0.200. The molecule has 0 aromatic heterocycles. The maximum absolute atomic E-state index is 11.2. The molecule has 2 rings (SSSR count). The molecular formula is C15H18N2O3S. The molecule has 1 unspecified atom stereocenters. The predicted octanol–water partition coefficient (Wildman–Crippen LogP) is 2.08. The summed E-state index contributed by atoms with van der Waals surface area (Å²) in [5.41, 5.74) is 1.93. The van der Waals surface area contributed by atoms with Crippen molar-refractivity contribution in [2.24, 2.45) is 5.14 Å². The Hall–Kier alpha value is -2.05. The van der Waals surface area contributed by atoms with Gasteiger partial charge in [0.15, 0.2) is 0 Å². The Labute approximate surface area is 124 Å². The second-order valence-corrected chi connectivity index (χ2v) is 6.55. The second kappa shape index (κ2) is 6.15. The molecule has 4 N–H and O–H groups in total. The van der Waals surface area contributed by atoms with Crippen LogP contribution in [0.15, 0.2) is 53.4 Å². The number of nitrogens with one attached hydrogen (secondary N) is 1. The lowest BCUT2D eigenvalue weighted by molar-refractivity contribution is 0.475. The first-order valence-corrected chi connectivity index (χ1v) is 8.06. The molecule has 0 aliphatic heterocycles. The summed E-state index contributed by atoms with van der Waals surface area (Å²) >= 11 is 0. The Morgan fingerprint density at radius 3 is 2.19 bits per heavy atom. The van der Waals surface area contributed by atoms with Gasteiger partial charge in [-0.05, 0) is 55.3 Å². The number of sulfonamides is 1. The number of hydrogen-bond acceptors (Lipinski definition) is 4. The van der Waals surface area contributed by atoms with E-state index in [9.17, 15) is 13.5 Å². The standard InChI is InChI=1S/C15H18N2O3S/c1-11(10-12-2-6-14(18)7-3-12)17-13-4-8-15(9-5-13)21(16,19)20/h2-9,11,17-18H,10H2,1H3,(H2,16,19,20). The van der Waals surface area contributed by atoms with Gasteiger partial charge >= 0.3 is 0 Å². The van der Waals surface area contributed by atoms with Crippen molar-refractivity contribution in [2.75, 3.05) is 5.32 Å². The Bertz CT molecular complexity index is 695. The highest BCUT2D eigenvalue weighted by Crippen LogP contribution is 2.16. The van der Waals surface area contributed by atoms with Crippen LogP contribution in [0.5, 0.6) is 5.75 Å². The third-order valence-corrected chi connectivity index (χ3v) is 4.00. The van der Waals surface area contributed by atoms with Crippen LogP contribution in [0.25, 0.3) is 0 Å². The van der Waals surface area contributed by atoms with Crippen LogP contribution in [0.4, 0.5) is 5.69 Å². The number of phenolic OH excluding ortho intramolecular Hbond substituents is 1. The summed E-state index contributed by atoms with van der Waals surface area (Å²) < 4.78 is 22.3. The van der Waals surface area contributed by atoms with Crippen LogP contribution in [0.3, 0.4) is 0 Å². The molecule has 21 heavy (non-hydrogen) atoms. The molecule has 1 atom stereocenters. The van der Waals surface area contributed by atoms with Crippen LogP contribution >= 0.6 is 0 Å². The van der Waals surface area contributed by atoms with Gasteiger partial charge in [-0.25, -0.2) is 13.6 Å². The molecule has 0 radical (unpaired) electrons. The summed E-state index contributed by atoms with van der Waals surface area (Å²) in [6.45, 7) is 2.03. The molecule has 0 saturated carbocycles. The van der Waals surface area contributed by atoms with E-state index in [1.54, 1.807) is 24.3 Å². The average molecular weight is 306 g/mol. The number of primary sulfonamides is 1. The highest BCUT2D eigenvalue weighted by atomic mass is 32.2. The zero-order chi connectivity index (χ0) is 15.5. The number of hydrogen-bond donors (Lipinski definition) is 3. The number of anilines is 1. The van der Waals surface area contributed by atoms with Gasteiger partial charge in [0, 0.05) is 11.7 Å². The van der Waals surface area contributed by atoms with Gasteiger partial charge in [0.25, 0.3) is 0 Å². The first-order chi connectivity index (χ1) is 9.84. The van der Waals surface area contributed by atoms with Gasteiger partial charge in [0.05, 0.1) is 4.90 Å². The molecule has 0 aliphatic carbocycles. The van der Waals surface area contributed by atoms with E-state index in [0.717, 1.165) is 17.7 Å². The van der Waals surface area contributed by atoms with Crippen LogP contribution in [0.2, 0.25) is 0 Å². The van der Waals surface area contributed by atoms with Gasteiger partial charge < -0.3 is 10.4 Å². The Kier molecular flexibility index (Phi) is 4.50. The van der Waals surface area contributed by atoms with Crippen LogP contribution in [0, 0.1) is 0 Å². The Balaban J connectivity index is 1.99. The molecule has 0 saturated heterocycles. The summed E-state index contributed by atoms with van der Waals surface area (Å²) in [6, 6.07) is 13.5. The molecule has 2 aromatic carbocycles. The monoisotopic (exact) mass is 306 g/mol. The van der Waals surface area contributed by atoms with Crippen molar-refractivity contribution >= 4 is 15.7 Å². The van der Waals surface area contributed by atoms with E-state index < -0.39 is 10.0 Å². The lowest BCUT2D eigenvalue weighted by Gasteiger charge is -2.15. The van der Waals surface area contributed by atoms with E-state index in [2.05, 4.69) is 5.32 Å². The minimum Gasteiger partial charge on any atom is -0.508 e. The van der Waals surface area contributed by atoms with E-state index >= 15 is 0 Å². The highest BCUT2D eigenvalue weighted by molar-refractivity contribution is 7.89. The Morgan fingerprint density at radius 1 is 1.10 bits per heavy atom. The van der Waals surface area contributed by atoms with Gasteiger partial charge in [-0.1, -0.05) is 12.1 Å². The fourth-order valence-electron chi connectivity index (χ4n) is 2.06.